The van der Waals surface area contributed by atoms with Gasteiger partial charge in [0.05, 0.1) is 6.21 Å². The summed E-state index contributed by atoms with van der Waals surface area (Å²) in [4.78, 5) is 0. The third-order valence-electron chi connectivity index (χ3n) is 3.40. The van der Waals surface area contributed by atoms with Crippen molar-refractivity contribution in [2.24, 2.45) is 5.10 Å². The Morgan fingerprint density at radius 1 is 1.04 bits per heavy atom. The van der Waals surface area contributed by atoms with Gasteiger partial charge in [0.15, 0.2) is 0 Å². The summed E-state index contributed by atoms with van der Waals surface area (Å²) < 4.78 is 14.1. The number of para-hydroxylation sites is 1. The van der Waals surface area contributed by atoms with E-state index >= 15 is 0 Å². The molecular formula is C18H17BrN4O2. The Morgan fingerprint density at radius 3 is 2.52 bits per heavy atom. The summed E-state index contributed by atoms with van der Waals surface area (Å²) in [7, 11) is 0. The Morgan fingerprint density at radius 2 is 1.76 bits per heavy atom. The van der Waals surface area contributed by atoms with Gasteiger partial charge in [0.25, 0.3) is 0 Å². The average molecular weight is 401 g/mol. The lowest BCUT2D eigenvalue weighted by atomic mass is 10.2. The fraction of sp³-hybridized carbons (Fsp3) is 0.167. The van der Waals surface area contributed by atoms with E-state index in [1.807, 2.05) is 49.4 Å². The molecule has 0 spiro atoms. The molecular weight excluding hydrogens is 384 g/mol. The maximum Gasteiger partial charge on any atom is 0.141 e. The largest absolute Gasteiger partial charge is 0.490 e. The first kappa shape index (κ1) is 17.2. The van der Waals surface area contributed by atoms with E-state index in [1.165, 1.54) is 17.3 Å². The molecule has 7 heteroatoms. The van der Waals surface area contributed by atoms with Gasteiger partial charge in [-0.1, -0.05) is 34.1 Å². The van der Waals surface area contributed by atoms with E-state index in [9.17, 15) is 0 Å². The monoisotopic (exact) mass is 400 g/mol. The lowest BCUT2D eigenvalue weighted by molar-refractivity contribution is 0.216. The fourth-order valence-electron chi connectivity index (χ4n) is 2.16. The van der Waals surface area contributed by atoms with Crippen molar-refractivity contribution in [3.63, 3.8) is 0 Å². The predicted molar refractivity (Wildman–Crippen MR) is 99.3 cm³/mol. The second kappa shape index (κ2) is 8.43. The molecule has 3 aromatic rings. The van der Waals surface area contributed by atoms with Crippen LogP contribution in [0.4, 0.5) is 0 Å². The summed E-state index contributed by atoms with van der Waals surface area (Å²) in [6, 6.07) is 13.7. The van der Waals surface area contributed by atoms with Gasteiger partial charge in [-0.25, -0.2) is 4.68 Å². The molecule has 0 saturated heterocycles. The molecule has 0 unspecified atom stereocenters. The summed E-state index contributed by atoms with van der Waals surface area (Å²) in [5.41, 5.74) is 1.95. The Balaban J connectivity index is 1.61. The molecule has 0 fully saturated rings. The van der Waals surface area contributed by atoms with Crippen LogP contribution in [0.5, 0.6) is 11.5 Å². The van der Waals surface area contributed by atoms with E-state index in [0.29, 0.717) is 13.2 Å². The highest BCUT2D eigenvalue weighted by Crippen LogP contribution is 2.22. The fourth-order valence-corrected chi connectivity index (χ4v) is 2.54. The van der Waals surface area contributed by atoms with Crippen molar-refractivity contribution in [2.45, 2.75) is 6.92 Å². The van der Waals surface area contributed by atoms with Crippen LogP contribution in [-0.4, -0.2) is 34.3 Å². The van der Waals surface area contributed by atoms with Crippen molar-refractivity contribution < 1.29 is 9.47 Å². The number of benzene rings is 2. The van der Waals surface area contributed by atoms with Crippen molar-refractivity contribution in [2.75, 3.05) is 13.2 Å². The maximum absolute atomic E-state index is 5.85. The van der Waals surface area contributed by atoms with Crippen molar-refractivity contribution in [1.82, 2.24) is 14.9 Å². The zero-order valence-corrected chi connectivity index (χ0v) is 15.3. The molecule has 0 radical (unpaired) electrons. The molecule has 6 nitrogen and oxygen atoms in total. The predicted octanol–water partition coefficient (Wildman–Crippen LogP) is 3.69. The molecule has 3 rings (SSSR count). The van der Waals surface area contributed by atoms with E-state index < -0.39 is 0 Å². The molecule has 0 saturated carbocycles. The molecule has 0 N–H and O–H groups in total. The van der Waals surface area contributed by atoms with E-state index in [0.717, 1.165) is 27.1 Å². The number of hydrogen-bond acceptors (Lipinski definition) is 5. The van der Waals surface area contributed by atoms with Gasteiger partial charge in [-0.3, -0.25) is 0 Å². The molecule has 1 heterocycles. The van der Waals surface area contributed by atoms with Gasteiger partial charge in [0.2, 0.25) is 0 Å². The standard InChI is InChI=1S/C18H17BrN4O2/c1-14-4-2-3-5-17(14)24-8-9-25-18-7-6-16(19)10-15(18)11-22-23-12-20-21-13-23/h2-7,10-13H,8-9H2,1H3/b22-11+. The van der Waals surface area contributed by atoms with Crippen LogP contribution in [0.1, 0.15) is 11.1 Å². The summed E-state index contributed by atoms with van der Waals surface area (Å²) in [6.45, 7) is 2.91. The summed E-state index contributed by atoms with van der Waals surface area (Å²) in [5, 5.41) is 11.7. The second-order valence-electron chi connectivity index (χ2n) is 5.23. The molecule has 1 aromatic heterocycles. The van der Waals surface area contributed by atoms with Gasteiger partial charge in [0.1, 0.15) is 37.4 Å². The van der Waals surface area contributed by atoms with Crippen LogP contribution >= 0.6 is 15.9 Å². The van der Waals surface area contributed by atoms with Crippen molar-refractivity contribution in [1.29, 1.82) is 0 Å². The summed E-state index contributed by atoms with van der Waals surface area (Å²) in [5.74, 6) is 1.60. The van der Waals surface area contributed by atoms with Crippen LogP contribution < -0.4 is 9.47 Å². The minimum Gasteiger partial charge on any atom is -0.490 e. The molecule has 0 aliphatic heterocycles. The summed E-state index contributed by atoms with van der Waals surface area (Å²) >= 11 is 3.46. The highest BCUT2D eigenvalue weighted by Gasteiger charge is 2.04. The molecule has 0 bridgehead atoms. The number of aryl methyl sites for hydroxylation is 1. The topological polar surface area (TPSA) is 61.5 Å². The first-order valence-electron chi connectivity index (χ1n) is 7.72. The summed E-state index contributed by atoms with van der Waals surface area (Å²) in [6.07, 6.45) is 4.74. The smallest absolute Gasteiger partial charge is 0.141 e. The zero-order chi connectivity index (χ0) is 17.5. The number of nitrogens with zero attached hydrogens (tertiary/aromatic N) is 4. The molecule has 0 aliphatic rings. The van der Waals surface area contributed by atoms with Crippen LogP contribution in [0, 0.1) is 6.92 Å². The average Bonchev–Trinajstić information content (AvgIpc) is 3.13. The number of hydrogen-bond donors (Lipinski definition) is 0. The van der Waals surface area contributed by atoms with Gasteiger partial charge in [-0.15, -0.1) is 10.2 Å². The van der Waals surface area contributed by atoms with Crippen molar-refractivity contribution in [3.05, 3.63) is 70.7 Å². The van der Waals surface area contributed by atoms with Gasteiger partial charge in [-0.2, -0.15) is 5.10 Å². The molecule has 128 valence electrons. The zero-order valence-electron chi connectivity index (χ0n) is 13.7. The Hall–Kier alpha value is -2.67. The van der Waals surface area contributed by atoms with E-state index in [1.54, 1.807) is 6.21 Å². The van der Waals surface area contributed by atoms with Crippen LogP contribution in [0.25, 0.3) is 0 Å². The Bertz CT molecular complexity index is 850. The minimum absolute atomic E-state index is 0.434. The number of halogens is 1. The molecule has 0 aliphatic carbocycles. The first-order chi connectivity index (χ1) is 12.2. The van der Waals surface area contributed by atoms with Gasteiger partial charge in [-0.05, 0) is 36.8 Å². The van der Waals surface area contributed by atoms with E-state index in [-0.39, 0.29) is 0 Å². The van der Waals surface area contributed by atoms with E-state index in [4.69, 9.17) is 9.47 Å². The Kier molecular flexibility index (Phi) is 5.79. The second-order valence-corrected chi connectivity index (χ2v) is 6.15. The minimum atomic E-state index is 0.434. The lowest BCUT2D eigenvalue weighted by Crippen LogP contribution is -2.10. The quantitative estimate of drug-likeness (QED) is 0.448. The number of ether oxygens (including phenoxy) is 2. The highest BCUT2D eigenvalue weighted by molar-refractivity contribution is 9.10. The molecule has 0 amide bonds. The van der Waals surface area contributed by atoms with Gasteiger partial charge >= 0.3 is 0 Å². The number of aromatic nitrogens is 3. The van der Waals surface area contributed by atoms with Gasteiger partial charge in [0, 0.05) is 10.0 Å². The van der Waals surface area contributed by atoms with Gasteiger partial charge < -0.3 is 9.47 Å². The third kappa shape index (κ3) is 4.90. The first-order valence-corrected chi connectivity index (χ1v) is 8.51. The number of rotatable bonds is 7. The van der Waals surface area contributed by atoms with E-state index in [2.05, 4.69) is 31.2 Å². The van der Waals surface area contributed by atoms with Crippen molar-refractivity contribution >= 4 is 22.1 Å². The normalized spacial score (nSPS) is 11.0. The molecule has 25 heavy (non-hydrogen) atoms. The van der Waals surface area contributed by atoms with Crippen LogP contribution in [0.15, 0.2) is 64.7 Å². The van der Waals surface area contributed by atoms with Crippen LogP contribution in [0.2, 0.25) is 0 Å². The Labute approximate surface area is 154 Å². The molecule has 2 aromatic carbocycles. The van der Waals surface area contributed by atoms with Crippen LogP contribution in [0.3, 0.4) is 0 Å². The molecule has 0 atom stereocenters. The highest BCUT2D eigenvalue weighted by atomic mass is 79.9. The lowest BCUT2D eigenvalue weighted by Gasteiger charge is -2.12. The van der Waals surface area contributed by atoms with Crippen molar-refractivity contribution in [3.8, 4) is 11.5 Å². The third-order valence-corrected chi connectivity index (χ3v) is 3.89. The SMILES string of the molecule is Cc1ccccc1OCCOc1ccc(Br)cc1/C=N/n1cnnc1. The maximum atomic E-state index is 5.85. The van der Waals surface area contributed by atoms with Crippen LogP contribution in [-0.2, 0) is 0 Å².